The van der Waals surface area contributed by atoms with E-state index in [9.17, 15) is 24.6 Å². The van der Waals surface area contributed by atoms with Crippen molar-refractivity contribution in [2.75, 3.05) is 13.7 Å². The molecule has 0 aliphatic carbocycles. The number of aromatic amines is 1. The first-order chi connectivity index (χ1) is 15.2. The highest BCUT2D eigenvalue weighted by Crippen LogP contribution is 2.29. The van der Waals surface area contributed by atoms with Crippen molar-refractivity contribution in [3.63, 3.8) is 0 Å². The SMILES string of the molecule is COc1ccccc1-c1ccc(CN(C[C@@](C)(O)C(=O)O)NC(=O)c2cc(=O)[nH]o2)cc1. The third-order valence-electron chi connectivity index (χ3n) is 4.71. The summed E-state index contributed by atoms with van der Waals surface area (Å²) < 4.78 is 10.2. The van der Waals surface area contributed by atoms with Crippen LogP contribution in [-0.2, 0) is 11.3 Å². The standard InChI is InChI=1S/C22H23N3O7/c1-22(30,21(28)29)13-25(23-20(27)18-11-19(26)24-32-18)12-14-7-9-15(10-8-14)16-5-3-4-6-17(16)31-2/h3-11,30H,12-13H2,1-2H3,(H,23,27)(H,24,26)(H,28,29)/t22-/m1/s1. The summed E-state index contributed by atoms with van der Waals surface area (Å²) >= 11 is 0. The number of carboxylic acids is 1. The Morgan fingerprint density at radius 2 is 1.88 bits per heavy atom. The fourth-order valence-electron chi connectivity index (χ4n) is 3.06. The molecule has 3 aromatic rings. The first kappa shape index (κ1) is 22.8. The fraction of sp³-hybridized carbons (Fsp3) is 0.227. The van der Waals surface area contributed by atoms with E-state index in [2.05, 4.69) is 5.43 Å². The lowest BCUT2D eigenvalue weighted by molar-refractivity contribution is -0.159. The van der Waals surface area contributed by atoms with Crippen molar-refractivity contribution in [3.05, 3.63) is 76.3 Å². The Labute approximate surface area is 183 Å². The quantitative estimate of drug-likeness (QED) is 0.367. The molecule has 1 heterocycles. The molecule has 0 bridgehead atoms. The van der Waals surface area contributed by atoms with Crippen LogP contribution in [-0.4, -0.2) is 51.5 Å². The number of aliphatic carboxylic acids is 1. The summed E-state index contributed by atoms with van der Waals surface area (Å²) in [5.74, 6) is -1.77. The second-order valence-electron chi connectivity index (χ2n) is 7.35. The Morgan fingerprint density at radius 3 is 2.47 bits per heavy atom. The second-order valence-corrected chi connectivity index (χ2v) is 7.35. The predicted octanol–water partition coefficient (Wildman–Crippen LogP) is 1.63. The van der Waals surface area contributed by atoms with Crippen LogP contribution in [0.1, 0.15) is 23.0 Å². The number of amides is 1. The van der Waals surface area contributed by atoms with Gasteiger partial charge in [-0.1, -0.05) is 42.5 Å². The van der Waals surface area contributed by atoms with Crippen LogP contribution in [0.3, 0.4) is 0 Å². The summed E-state index contributed by atoms with van der Waals surface area (Å²) in [4.78, 5) is 35.0. The lowest BCUT2D eigenvalue weighted by Crippen LogP contribution is -2.52. The number of carbonyl (C=O) groups excluding carboxylic acids is 1. The summed E-state index contributed by atoms with van der Waals surface area (Å²) in [7, 11) is 1.59. The maximum Gasteiger partial charge on any atom is 0.336 e. The van der Waals surface area contributed by atoms with Gasteiger partial charge in [-0.15, -0.1) is 0 Å². The van der Waals surface area contributed by atoms with Crippen LogP contribution in [0.4, 0.5) is 0 Å². The molecule has 32 heavy (non-hydrogen) atoms. The molecular formula is C22H23N3O7. The first-order valence-corrected chi connectivity index (χ1v) is 9.62. The van der Waals surface area contributed by atoms with Crippen LogP contribution >= 0.6 is 0 Å². The molecule has 1 atom stereocenters. The molecule has 0 fully saturated rings. The van der Waals surface area contributed by atoms with Gasteiger partial charge in [0.05, 0.1) is 19.7 Å². The molecule has 4 N–H and O–H groups in total. The van der Waals surface area contributed by atoms with Gasteiger partial charge in [0, 0.05) is 12.1 Å². The maximum atomic E-state index is 12.4. The van der Waals surface area contributed by atoms with E-state index in [-0.39, 0.29) is 12.3 Å². The minimum Gasteiger partial charge on any atom is -0.496 e. The second kappa shape index (κ2) is 9.50. The molecule has 168 valence electrons. The van der Waals surface area contributed by atoms with Crippen LogP contribution < -0.4 is 15.7 Å². The number of methoxy groups -OCH3 is 1. The Hall–Kier alpha value is -3.89. The average molecular weight is 441 g/mol. The summed E-state index contributed by atoms with van der Waals surface area (Å²) in [5.41, 5.74) is 2.30. The monoisotopic (exact) mass is 441 g/mol. The molecule has 0 radical (unpaired) electrons. The van der Waals surface area contributed by atoms with Gasteiger partial charge in [0.2, 0.25) is 5.76 Å². The third-order valence-corrected chi connectivity index (χ3v) is 4.71. The number of H-pyrrole nitrogens is 1. The molecule has 1 amide bonds. The normalized spacial score (nSPS) is 12.9. The Morgan fingerprint density at radius 1 is 1.19 bits per heavy atom. The number of benzene rings is 2. The lowest BCUT2D eigenvalue weighted by atomic mass is 10.0. The highest BCUT2D eigenvalue weighted by atomic mass is 16.5. The van der Waals surface area contributed by atoms with Crippen molar-refractivity contribution < 1.29 is 29.1 Å². The largest absolute Gasteiger partial charge is 0.496 e. The number of carbonyl (C=O) groups is 2. The van der Waals surface area contributed by atoms with Gasteiger partial charge in [-0.2, -0.15) is 5.16 Å². The first-order valence-electron chi connectivity index (χ1n) is 9.62. The van der Waals surface area contributed by atoms with Crippen LogP contribution in [0.2, 0.25) is 0 Å². The molecule has 2 aromatic carbocycles. The average Bonchev–Trinajstić information content (AvgIpc) is 3.20. The van der Waals surface area contributed by atoms with Crippen molar-refractivity contribution in [1.82, 2.24) is 15.6 Å². The molecular weight excluding hydrogens is 418 g/mol. The van der Waals surface area contributed by atoms with Gasteiger partial charge < -0.3 is 19.5 Å². The molecule has 1 aromatic heterocycles. The van der Waals surface area contributed by atoms with Gasteiger partial charge in [-0.05, 0) is 24.1 Å². The topological polar surface area (TPSA) is 145 Å². The van der Waals surface area contributed by atoms with Gasteiger partial charge in [0.25, 0.3) is 5.56 Å². The van der Waals surface area contributed by atoms with E-state index in [4.69, 9.17) is 9.26 Å². The zero-order valence-corrected chi connectivity index (χ0v) is 17.5. The van der Waals surface area contributed by atoms with Crippen molar-refractivity contribution in [2.24, 2.45) is 0 Å². The molecule has 10 nitrogen and oxygen atoms in total. The van der Waals surface area contributed by atoms with E-state index >= 15 is 0 Å². The highest BCUT2D eigenvalue weighted by molar-refractivity contribution is 5.90. The number of aromatic nitrogens is 1. The number of hydrogen-bond acceptors (Lipinski definition) is 7. The number of nitrogens with one attached hydrogen (secondary N) is 2. The molecule has 3 rings (SSSR count). The van der Waals surface area contributed by atoms with Gasteiger partial charge in [0.1, 0.15) is 5.75 Å². The van der Waals surface area contributed by atoms with E-state index in [0.717, 1.165) is 35.4 Å². The van der Waals surface area contributed by atoms with Gasteiger partial charge in [-0.3, -0.25) is 15.0 Å². The van der Waals surface area contributed by atoms with E-state index in [1.165, 1.54) is 5.01 Å². The maximum absolute atomic E-state index is 12.4. The number of carboxylic acid groups (broad SMARTS) is 1. The molecule has 0 aliphatic heterocycles. The number of nitrogens with zero attached hydrogens (tertiary/aromatic N) is 1. The van der Waals surface area contributed by atoms with E-state index in [1.54, 1.807) is 7.11 Å². The minimum atomic E-state index is -2.14. The van der Waals surface area contributed by atoms with Crippen molar-refractivity contribution in [3.8, 4) is 16.9 Å². The molecule has 0 unspecified atom stereocenters. The Balaban J connectivity index is 1.81. The Bertz CT molecular complexity index is 1150. The number of hydrogen-bond donors (Lipinski definition) is 4. The third kappa shape index (κ3) is 5.42. The highest BCUT2D eigenvalue weighted by Gasteiger charge is 2.33. The predicted molar refractivity (Wildman–Crippen MR) is 114 cm³/mol. The van der Waals surface area contributed by atoms with Gasteiger partial charge in [0.15, 0.2) is 5.60 Å². The van der Waals surface area contributed by atoms with Crippen LogP contribution in [0, 0.1) is 0 Å². The van der Waals surface area contributed by atoms with Crippen molar-refractivity contribution in [2.45, 2.75) is 19.1 Å². The van der Waals surface area contributed by atoms with Crippen LogP contribution in [0.15, 0.2) is 63.9 Å². The molecule has 0 spiro atoms. The number of hydrazine groups is 1. The van der Waals surface area contributed by atoms with Gasteiger partial charge >= 0.3 is 11.9 Å². The van der Waals surface area contributed by atoms with Crippen LogP contribution in [0.25, 0.3) is 11.1 Å². The summed E-state index contributed by atoms with van der Waals surface area (Å²) in [6, 6.07) is 15.9. The minimum absolute atomic E-state index is 0.0794. The lowest BCUT2D eigenvalue weighted by Gasteiger charge is -2.28. The zero-order valence-electron chi connectivity index (χ0n) is 17.5. The number of ether oxygens (including phenoxy) is 1. The Kier molecular flexibility index (Phi) is 6.76. The number of aliphatic hydroxyl groups is 1. The van der Waals surface area contributed by atoms with E-state index < -0.39 is 29.6 Å². The van der Waals surface area contributed by atoms with Gasteiger partial charge in [-0.25, -0.2) is 9.80 Å². The van der Waals surface area contributed by atoms with Crippen molar-refractivity contribution in [1.29, 1.82) is 0 Å². The molecule has 10 heteroatoms. The number of para-hydroxylation sites is 1. The molecule has 0 saturated carbocycles. The van der Waals surface area contributed by atoms with E-state index in [0.29, 0.717) is 0 Å². The number of rotatable bonds is 9. The van der Waals surface area contributed by atoms with E-state index in [1.807, 2.05) is 53.7 Å². The van der Waals surface area contributed by atoms with Crippen molar-refractivity contribution >= 4 is 11.9 Å². The summed E-state index contributed by atoms with van der Waals surface area (Å²) in [6.07, 6.45) is 0. The molecule has 0 saturated heterocycles. The zero-order chi connectivity index (χ0) is 23.3. The smallest absolute Gasteiger partial charge is 0.336 e. The molecule has 0 aliphatic rings. The summed E-state index contributed by atoms with van der Waals surface area (Å²) in [5, 5.41) is 22.7. The fourth-order valence-corrected chi connectivity index (χ4v) is 3.06. The summed E-state index contributed by atoms with van der Waals surface area (Å²) in [6.45, 7) is 0.780. The van der Waals surface area contributed by atoms with Crippen LogP contribution in [0.5, 0.6) is 5.75 Å².